The zero-order valence-electron chi connectivity index (χ0n) is 12.0. The lowest BCUT2D eigenvalue weighted by Crippen LogP contribution is -2.31. The zero-order chi connectivity index (χ0) is 13.5. The van der Waals surface area contributed by atoms with Gasteiger partial charge < -0.3 is 5.32 Å². The van der Waals surface area contributed by atoms with Gasteiger partial charge in [-0.2, -0.15) is 0 Å². The molecule has 1 atom stereocenters. The number of rotatable bonds is 7. The van der Waals surface area contributed by atoms with E-state index in [9.17, 15) is 0 Å². The fraction of sp³-hybridized carbons (Fsp3) is 0.750. The SMILES string of the molecule is CCNC(CCC1CCCCC1)Cc1ccc(Br)s1. The molecular formula is C16H26BrNS. The maximum absolute atomic E-state index is 3.67. The molecule has 0 aliphatic heterocycles. The zero-order valence-corrected chi connectivity index (χ0v) is 14.4. The van der Waals surface area contributed by atoms with E-state index in [2.05, 4.69) is 40.3 Å². The van der Waals surface area contributed by atoms with Gasteiger partial charge in [0.2, 0.25) is 0 Å². The highest BCUT2D eigenvalue weighted by Crippen LogP contribution is 2.29. The number of hydrogen-bond acceptors (Lipinski definition) is 2. The normalized spacial score (nSPS) is 18.6. The van der Waals surface area contributed by atoms with E-state index in [1.54, 1.807) is 0 Å². The van der Waals surface area contributed by atoms with E-state index in [4.69, 9.17) is 0 Å². The van der Waals surface area contributed by atoms with E-state index in [0.29, 0.717) is 6.04 Å². The van der Waals surface area contributed by atoms with Gasteiger partial charge in [0.15, 0.2) is 0 Å². The number of halogens is 1. The largest absolute Gasteiger partial charge is 0.314 e. The van der Waals surface area contributed by atoms with Gasteiger partial charge in [-0.05, 0) is 59.8 Å². The van der Waals surface area contributed by atoms with Gasteiger partial charge in [-0.1, -0.05) is 39.0 Å². The lowest BCUT2D eigenvalue weighted by molar-refractivity contribution is 0.313. The van der Waals surface area contributed by atoms with Crippen molar-refractivity contribution in [1.82, 2.24) is 5.32 Å². The Kier molecular flexibility index (Phi) is 6.89. The molecule has 108 valence electrons. The lowest BCUT2D eigenvalue weighted by atomic mass is 9.85. The minimum atomic E-state index is 0.664. The molecule has 1 heterocycles. The molecule has 1 unspecified atom stereocenters. The van der Waals surface area contributed by atoms with Crippen molar-refractivity contribution in [2.24, 2.45) is 5.92 Å². The summed E-state index contributed by atoms with van der Waals surface area (Å²) < 4.78 is 1.25. The van der Waals surface area contributed by atoms with Crippen LogP contribution in [0.25, 0.3) is 0 Å². The third kappa shape index (κ3) is 5.57. The van der Waals surface area contributed by atoms with Crippen LogP contribution in [0.5, 0.6) is 0 Å². The molecule has 0 spiro atoms. The molecule has 1 aromatic rings. The van der Waals surface area contributed by atoms with Crippen LogP contribution in [0.15, 0.2) is 15.9 Å². The first kappa shape index (κ1) is 15.5. The van der Waals surface area contributed by atoms with Gasteiger partial charge in [0.05, 0.1) is 3.79 Å². The summed E-state index contributed by atoms with van der Waals surface area (Å²) in [6.07, 6.45) is 11.3. The van der Waals surface area contributed by atoms with Crippen molar-refractivity contribution in [3.63, 3.8) is 0 Å². The molecular weight excluding hydrogens is 318 g/mol. The molecule has 3 heteroatoms. The molecule has 0 bridgehead atoms. The van der Waals surface area contributed by atoms with E-state index >= 15 is 0 Å². The van der Waals surface area contributed by atoms with Gasteiger partial charge in [0, 0.05) is 10.9 Å². The Hall–Kier alpha value is 0.140. The maximum Gasteiger partial charge on any atom is 0.0701 e. The summed E-state index contributed by atoms with van der Waals surface area (Å²) in [5.74, 6) is 1.00. The monoisotopic (exact) mass is 343 g/mol. The average Bonchev–Trinajstić information content (AvgIpc) is 2.83. The number of likely N-dealkylation sites (N-methyl/N-ethyl adjacent to an activating group) is 1. The molecule has 19 heavy (non-hydrogen) atoms. The van der Waals surface area contributed by atoms with Crippen molar-refractivity contribution >= 4 is 27.3 Å². The Morgan fingerprint density at radius 3 is 2.74 bits per heavy atom. The number of thiophene rings is 1. The van der Waals surface area contributed by atoms with Crippen LogP contribution in [0.4, 0.5) is 0 Å². The molecule has 0 amide bonds. The smallest absolute Gasteiger partial charge is 0.0701 e. The lowest BCUT2D eigenvalue weighted by Gasteiger charge is -2.24. The standard InChI is InChI=1S/C16H26BrNS/c1-2-18-14(12-15-10-11-16(17)19-15)9-8-13-6-4-3-5-7-13/h10-11,13-14,18H,2-9,12H2,1H3. The molecule has 1 nitrogen and oxygen atoms in total. The van der Waals surface area contributed by atoms with Gasteiger partial charge >= 0.3 is 0 Å². The van der Waals surface area contributed by atoms with Crippen LogP contribution in [0.1, 0.15) is 56.7 Å². The average molecular weight is 344 g/mol. The topological polar surface area (TPSA) is 12.0 Å². The second-order valence-corrected chi connectivity index (χ2v) is 8.29. The van der Waals surface area contributed by atoms with E-state index in [0.717, 1.165) is 12.5 Å². The van der Waals surface area contributed by atoms with E-state index in [1.807, 2.05) is 11.3 Å². The molecule has 0 aromatic carbocycles. The van der Waals surface area contributed by atoms with Crippen molar-refractivity contribution in [2.45, 2.75) is 64.3 Å². The van der Waals surface area contributed by atoms with Crippen LogP contribution >= 0.6 is 27.3 Å². The van der Waals surface area contributed by atoms with Crippen LogP contribution in [-0.2, 0) is 6.42 Å². The highest BCUT2D eigenvalue weighted by atomic mass is 79.9. The van der Waals surface area contributed by atoms with Crippen molar-refractivity contribution in [3.8, 4) is 0 Å². The van der Waals surface area contributed by atoms with Gasteiger partial charge in [0.25, 0.3) is 0 Å². The van der Waals surface area contributed by atoms with Gasteiger partial charge in [0.1, 0.15) is 0 Å². The molecule has 2 rings (SSSR count). The first-order valence-corrected chi connectivity index (χ1v) is 9.36. The van der Waals surface area contributed by atoms with E-state index in [-0.39, 0.29) is 0 Å². The molecule has 1 aromatic heterocycles. The fourth-order valence-corrected chi connectivity index (χ4v) is 4.75. The molecule has 1 aliphatic carbocycles. The van der Waals surface area contributed by atoms with Gasteiger partial charge in [-0.3, -0.25) is 0 Å². The van der Waals surface area contributed by atoms with Crippen LogP contribution in [0.2, 0.25) is 0 Å². The second-order valence-electron chi connectivity index (χ2n) is 5.75. The van der Waals surface area contributed by atoms with Crippen molar-refractivity contribution in [1.29, 1.82) is 0 Å². The predicted octanol–water partition coefficient (Wildman–Crippen LogP) is 5.39. The molecule has 1 fully saturated rings. The van der Waals surface area contributed by atoms with Crippen LogP contribution < -0.4 is 5.32 Å². The second kappa shape index (κ2) is 8.43. The highest BCUT2D eigenvalue weighted by Gasteiger charge is 2.16. The third-order valence-electron chi connectivity index (χ3n) is 4.22. The summed E-state index contributed by atoms with van der Waals surface area (Å²) in [4.78, 5) is 1.50. The molecule has 0 radical (unpaired) electrons. The maximum atomic E-state index is 3.67. The number of hydrogen-bond donors (Lipinski definition) is 1. The number of nitrogens with one attached hydrogen (secondary N) is 1. The summed E-state index contributed by atoms with van der Waals surface area (Å²) in [5.41, 5.74) is 0. The highest BCUT2D eigenvalue weighted by molar-refractivity contribution is 9.11. The fourth-order valence-electron chi connectivity index (χ4n) is 3.18. The first-order valence-electron chi connectivity index (χ1n) is 7.75. The molecule has 1 saturated carbocycles. The minimum absolute atomic E-state index is 0.664. The Bertz CT molecular complexity index is 357. The van der Waals surface area contributed by atoms with E-state index in [1.165, 1.54) is 60.0 Å². The summed E-state index contributed by atoms with van der Waals surface area (Å²) in [5, 5.41) is 3.67. The first-order chi connectivity index (χ1) is 9.28. The van der Waals surface area contributed by atoms with E-state index < -0.39 is 0 Å². The predicted molar refractivity (Wildman–Crippen MR) is 89.0 cm³/mol. The Balaban J connectivity index is 1.78. The summed E-state index contributed by atoms with van der Waals surface area (Å²) in [6.45, 7) is 3.31. The van der Waals surface area contributed by atoms with Gasteiger partial charge in [-0.15, -0.1) is 11.3 Å². The Labute approximate surface area is 130 Å². The van der Waals surface area contributed by atoms with Crippen molar-refractivity contribution in [2.75, 3.05) is 6.54 Å². The third-order valence-corrected chi connectivity index (χ3v) is 5.86. The molecule has 1 N–H and O–H groups in total. The summed E-state index contributed by atoms with van der Waals surface area (Å²) in [7, 11) is 0. The summed E-state index contributed by atoms with van der Waals surface area (Å²) in [6, 6.07) is 5.10. The Morgan fingerprint density at radius 2 is 2.11 bits per heavy atom. The van der Waals surface area contributed by atoms with Crippen molar-refractivity contribution in [3.05, 3.63) is 20.8 Å². The van der Waals surface area contributed by atoms with Crippen LogP contribution in [-0.4, -0.2) is 12.6 Å². The summed E-state index contributed by atoms with van der Waals surface area (Å²) >= 11 is 5.44. The van der Waals surface area contributed by atoms with Crippen LogP contribution in [0, 0.1) is 5.92 Å². The van der Waals surface area contributed by atoms with Gasteiger partial charge in [-0.25, -0.2) is 0 Å². The molecule has 0 saturated heterocycles. The molecule has 1 aliphatic rings. The minimum Gasteiger partial charge on any atom is -0.314 e. The Morgan fingerprint density at radius 1 is 1.32 bits per heavy atom. The van der Waals surface area contributed by atoms with Crippen LogP contribution in [0.3, 0.4) is 0 Å². The quantitative estimate of drug-likeness (QED) is 0.699. The van der Waals surface area contributed by atoms with Crippen molar-refractivity contribution < 1.29 is 0 Å².